The first-order valence-corrected chi connectivity index (χ1v) is 8.05. The molecule has 6 nitrogen and oxygen atoms in total. The highest BCUT2D eigenvalue weighted by atomic mass is 32.2. The van der Waals surface area contributed by atoms with Gasteiger partial charge in [0.25, 0.3) is 0 Å². The van der Waals surface area contributed by atoms with Gasteiger partial charge >= 0.3 is 5.97 Å². The lowest BCUT2D eigenvalue weighted by Crippen LogP contribution is -2.55. The van der Waals surface area contributed by atoms with Crippen molar-refractivity contribution < 1.29 is 22.7 Å². The maximum atomic E-state index is 11.9. The molecule has 1 aliphatic carbocycles. The Bertz CT molecular complexity index is 395. The third kappa shape index (κ3) is 5.42. The standard InChI is InChI=1S/C11H21FN2O4S/c1-2-14(8-11(15)16)10-6-9(7-10)13-19(17,18)5-3-4-12/h9-10,13H,2-8H2,1H3,(H,15,16). The quantitative estimate of drug-likeness (QED) is 0.635. The molecule has 1 rings (SSSR count). The van der Waals surface area contributed by atoms with Crippen LogP contribution in [-0.4, -0.2) is 62.0 Å². The number of alkyl halides is 1. The van der Waals surface area contributed by atoms with Crippen LogP contribution in [0.2, 0.25) is 0 Å². The van der Waals surface area contributed by atoms with Gasteiger partial charge < -0.3 is 5.11 Å². The monoisotopic (exact) mass is 296 g/mol. The SMILES string of the molecule is CCN(CC(=O)O)C1CC(NS(=O)(=O)CCCF)C1. The molecule has 0 heterocycles. The highest BCUT2D eigenvalue weighted by Gasteiger charge is 2.35. The first-order valence-electron chi connectivity index (χ1n) is 6.39. The van der Waals surface area contributed by atoms with Gasteiger partial charge in [-0.15, -0.1) is 0 Å². The van der Waals surface area contributed by atoms with Crippen molar-refractivity contribution in [2.45, 2.75) is 38.3 Å². The number of sulfonamides is 1. The summed E-state index contributed by atoms with van der Waals surface area (Å²) >= 11 is 0. The van der Waals surface area contributed by atoms with E-state index in [2.05, 4.69) is 4.72 Å². The van der Waals surface area contributed by atoms with Gasteiger partial charge in [-0.05, 0) is 25.8 Å². The number of carboxylic acids is 1. The van der Waals surface area contributed by atoms with Crippen molar-refractivity contribution in [3.63, 3.8) is 0 Å². The third-order valence-electron chi connectivity index (χ3n) is 3.27. The number of nitrogens with zero attached hydrogens (tertiary/aromatic N) is 1. The van der Waals surface area contributed by atoms with Crippen LogP contribution >= 0.6 is 0 Å². The maximum absolute atomic E-state index is 11.9. The van der Waals surface area contributed by atoms with E-state index in [4.69, 9.17) is 5.11 Å². The number of nitrogens with one attached hydrogen (secondary N) is 1. The number of hydrogen-bond acceptors (Lipinski definition) is 4. The zero-order chi connectivity index (χ0) is 14.5. The molecule has 1 aliphatic rings. The third-order valence-corrected chi connectivity index (χ3v) is 4.79. The minimum atomic E-state index is -3.41. The number of aliphatic carboxylic acids is 1. The Balaban J connectivity index is 2.34. The summed E-state index contributed by atoms with van der Waals surface area (Å²) in [5.41, 5.74) is 0. The average Bonchev–Trinajstić information content (AvgIpc) is 2.28. The highest BCUT2D eigenvalue weighted by Crippen LogP contribution is 2.26. The van der Waals surface area contributed by atoms with E-state index in [1.165, 1.54) is 0 Å². The lowest BCUT2D eigenvalue weighted by molar-refractivity contribution is -0.139. The van der Waals surface area contributed by atoms with Crippen LogP contribution in [0, 0.1) is 0 Å². The number of rotatable bonds is 9. The lowest BCUT2D eigenvalue weighted by atomic mass is 9.86. The number of halogens is 1. The Morgan fingerprint density at radius 3 is 2.58 bits per heavy atom. The fraction of sp³-hybridized carbons (Fsp3) is 0.909. The molecule has 1 saturated carbocycles. The number of carbonyl (C=O) groups is 1. The molecule has 8 heteroatoms. The average molecular weight is 296 g/mol. The van der Waals surface area contributed by atoms with Gasteiger partial charge in [-0.2, -0.15) is 0 Å². The van der Waals surface area contributed by atoms with E-state index >= 15 is 0 Å². The first kappa shape index (κ1) is 16.3. The zero-order valence-electron chi connectivity index (χ0n) is 11.0. The molecule has 0 atom stereocenters. The van der Waals surface area contributed by atoms with Crippen LogP contribution in [0.5, 0.6) is 0 Å². The second kappa shape index (κ2) is 7.16. The molecule has 0 aromatic heterocycles. The molecule has 19 heavy (non-hydrogen) atoms. The summed E-state index contributed by atoms with van der Waals surface area (Å²) in [6.45, 7) is 1.83. The van der Waals surface area contributed by atoms with Crippen LogP contribution < -0.4 is 4.72 Å². The molecule has 0 aromatic carbocycles. The van der Waals surface area contributed by atoms with E-state index in [1.807, 2.05) is 11.8 Å². The van der Waals surface area contributed by atoms with Gasteiger partial charge in [-0.1, -0.05) is 6.92 Å². The Labute approximate surface area is 113 Å². The van der Waals surface area contributed by atoms with Crippen LogP contribution in [0.25, 0.3) is 0 Å². The van der Waals surface area contributed by atoms with Crippen LogP contribution in [0.4, 0.5) is 4.39 Å². The van der Waals surface area contributed by atoms with Gasteiger partial charge in [0.1, 0.15) is 0 Å². The van der Waals surface area contributed by atoms with E-state index < -0.39 is 22.7 Å². The molecule has 0 radical (unpaired) electrons. The normalized spacial score (nSPS) is 23.3. The topological polar surface area (TPSA) is 86.7 Å². The Morgan fingerprint density at radius 2 is 2.11 bits per heavy atom. The van der Waals surface area contributed by atoms with Crippen molar-refractivity contribution in [1.29, 1.82) is 0 Å². The molecule has 0 unspecified atom stereocenters. The van der Waals surface area contributed by atoms with E-state index in [-0.39, 0.29) is 30.8 Å². The number of hydrogen-bond donors (Lipinski definition) is 2. The summed E-state index contributed by atoms with van der Waals surface area (Å²) in [6.07, 6.45) is 1.22. The fourth-order valence-electron chi connectivity index (χ4n) is 2.21. The first-order chi connectivity index (χ1) is 8.88. The Hall–Kier alpha value is -0.730. The van der Waals surface area contributed by atoms with E-state index in [0.29, 0.717) is 19.4 Å². The molecule has 2 N–H and O–H groups in total. The van der Waals surface area contributed by atoms with Gasteiger partial charge in [0.2, 0.25) is 10.0 Å². The second-order valence-corrected chi connectivity index (χ2v) is 6.63. The van der Waals surface area contributed by atoms with Crippen molar-refractivity contribution >= 4 is 16.0 Å². The Morgan fingerprint density at radius 1 is 1.47 bits per heavy atom. The molecule has 0 aliphatic heterocycles. The summed E-state index contributed by atoms with van der Waals surface area (Å²) in [5, 5.41) is 8.74. The van der Waals surface area contributed by atoms with Crippen molar-refractivity contribution in [3.05, 3.63) is 0 Å². The summed E-state index contributed by atoms with van der Waals surface area (Å²) in [4.78, 5) is 12.5. The van der Waals surface area contributed by atoms with Crippen molar-refractivity contribution in [2.24, 2.45) is 0 Å². The molecule has 0 bridgehead atoms. The van der Waals surface area contributed by atoms with E-state index in [9.17, 15) is 17.6 Å². The minimum Gasteiger partial charge on any atom is -0.480 e. The van der Waals surface area contributed by atoms with Gasteiger partial charge in [-0.3, -0.25) is 14.1 Å². The minimum absolute atomic E-state index is 0.00554. The van der Waals surface area contributed by atoms with Gasteiger partial charge in [0.15, 0.2) is 0 Å². The van der Waals surface area contributed by atoms with Crippen molar-refractivity contribution in [1.82, 2.24) is 9.62 Å². The van der Waals surface area contributed by atoms with E-state index in [0.717, 1.165) is 0 Å². The predicted octanol–water partition coefficient (Wildman–Crippen LogP) is 0.203. The van der Waals surface area contributed by atoms with Gasteiger partial charge in [0, 0.05) is 12.1 Å². The van der Waals surface area contributed by atoms with Crippen molar-refractivity contribution in [3.8, 4) is 0 Å². The predicted molar refractivity (Wildman–Crippen MR) is 69.2 cm³/mol. The fourth-order valence-corrected chi connectivity index (χ4v) is 3.52. The largest absolute Gasteiger partial charge is 0.480 e. The molecule has 1 fully saturated rings. The molecule has 0 spiro atoms. The van der Waals surface area contributed by atoms with Gasteiger partial charge in [-0.25, -0.2) is 13.1 Å². The molecule has 0 amide bonds. The van der Waals surface area contributed by atoms with E-state index in [1.54, 1.807) is 0 Å². The van der Waals surface area contributed by atoms with Crippen molar-refractivity contribution in [2.75, 3.05) is 25.5 Å². The highest BCUT2D eigenvalue weighted by molar-refractivity contribution is 7.89. The Kier molecular flexibility index (Phi) is 6.15. The molecule has 0 aromatic rings. The second-order valence-electron chi connectivity index (χ2n) is 4.76. The summed E-state index contributed by atoms with van der Waals surface area (Å²) in [5.74, 6) is -1.08. The number of carboxylic acid groups (broad SMARTS) is 1. The zero-order valence-corrected chi connectivity index (χ0v) is 11.8. The van der Waals surface area contributed by atoms with Crippen LogP contribution in [0.3, 0.4) is 0 Å². The molecular formula is C11H21FN2O4S. The smallest absolute Gasteiger partial charge is 0.317 e. The lowest BCUT2D eigenvalue weighted by Gasteiger charge is -2.42. The molecule has 0 saturated heterocycles. The summed E-state index contributed by atoms with van der Waals surface area (Å²) in [7, 11) is -3.41. The van der Waals surface area contributed by atoms with Crippen LogP contribution in [-0.2, 0) is 14.8 Å². The van der Waals surface area contributed by atoms with Crippen LogP contribution in [0.1, 0.15) is 26.2 Å². The molecule has 112 valence electrons. The maximum Gasteiger partial charge on any atom is 0.317 e. The summed E-state index contributed by atoms with van der Waals surface area (Å²) in [6, 6.07) is -0.0487. The van der Waals surface area contributed by atoms with Crippen LogP contribution in [0.15, 0.2) is 0 Å². The molecular weight excluding hydrogens is 275 g/mol. The number of likely N-dealkylation sites (N-methyl/N-ethyl adjacent to an activating group) is 1. The summed E-state index contributed by atoms with van der Waals surface area (Å²) < 4.78 is 37.5. The van der Waals surface area contributed by atoms with Gasteiger partial charge in [0.05, 0.1) is 19.0 Å².